The van der Waals surface area contributed by atoms with Gasteiger partial charge in [-0.2, -0.15) is 0 Å². The third-order valence-corrected chi connectivity index (χ3v) is 4.46. The Morgan fingerprint density at radius 2 is 1.30 bits per heavy atom. The molecule has 3 aromatic rings. The van der Waals surface area contributed by atoms with E-state index in [0.29, 0.717) is 24.7 Å². The monoisotopic (exact) mass is 400 g/mol. The van der Waals surface area contributed by atoms with Gasteiger partial charge in [0.15, 0.2) is 0 Å². The minimum absolute atomic E-state index is 0.0868. The van der Waals surface area contributed by atoms with E-state index < -0.39 is 5.91 Å². The van der Waals surface area contributed by atoms with Crippen molar-refractivity contribution in [3.8, 4) is 11.5 Å². The second-order valence-corrected chi connectivity index (χ2v) is 6.55. The molecule has 0 radical (unpaired) electrons. The van der Waals surface area contributed by atoms with E-state index in [0.717, 1.165) is 11.3 Å². The van der Waals surface area contributed by atoms with Crippen molar-refractivity contribution in [3.05, 3.63) is 96.1 Å². The maximum atomic E-state index is 12.6. The smallest absolute Gasteiger partial charge is 0.282 e. The van der Waals surface area contributed by atoms with Gasteiger partial charge in [-0.1, -0.05) is 48.5 Å². The Hall–Kier alpha value is -4.06. The SMILES string of the molecule is O=C1NN(c2ccccc2)C(=O)/C1=C\c1ccc(OCCOc2ccccc2)cc1. The zero-order chi connectivity index (χ0) is 20.8. The number of para-hydroxylation sites is 2. The predicted octanol–water partition coefficient (Wildman–Crippen LogP) is 3.61. The lowest BCUT2D eigenvalue weighted by atomic mass is 10.1. The van der Waals surface area contributed by atoms with Gasteiger partial charge in [-0.15, -0.1) is 0 Å². The Morgan fingerprint density at radius 1 is 0.733 bits per heavy atom. The zero-order valence-electron chi connectivity index (χ0n) is 16.2. The van der Waals surface area contributed by atoms with Crippen molar-refractivity contribution in [1.82, 2.24) is 5.43 Å². The molecule has 6 heteroatoms. The predicted molar refractivity (Wildman–Crippen MR) is 114 cm³/mol. The first kappa shape index (κ1) is 19.3. The summed E-state index contributed by atoms with van der Waals surface area (Å²) in [5, 5.41) is 1.25. The van der Waals surface area contributed by atoms with Crippen molar-refractivity contribution in [2.24, 2.45) is 0 Å². The molecule has 1 fully saturated rings. The molecule has 1 aliphatic heterocycles. The second-order valence-electron chi connectivity index (χ2n) is 6.55. The number of hydrogen-bond acceptors (Lipinski definition) is 4. The average Bonchev–Trinajstić information content (AvgIpc) is 3.07. The first-order valence-electron chi connectivity index (χ1n) is 9.53. The molecule has 30 heavy (non-hydrogen) atoms. The van der Waals surface area contributed by atoms with Gasteiger partial charge in [0.05, 0.1) is 5.69 Å². The van der Waals surface area contributed by atoms with E-state index in [-0.39, 0.29) is 11.5 Å². The number of amides is 2. The van der Waals surface area contributed by atoms with E-state index in [1.54, 1.807) is 54.6 Å². The van der Waals surface area contributed by atoms with Gasteiger partial charge in [0, 0.05) is 0 Å². The molecule has 0 bridgehead atoms. The molecular weight excluding hydrogens is 380 g/mol. The number of hydrogen-bond donors (Lipinski definition) is 1. The average molecular weight is 400 g/mol. The molecule has 2 amide bonds. The van der Waals surface area contributed by atoms with E-state index in [1.165, 1.54) is 5.01 Å². The molecule has 0 saturated carbocycles. The largest absolute Gasteiger partial charge is 0.490 e. The standard InChI is InChI=1S/C24H20N2O4/c27-23-22(24(28)26(25-23)19-7-3-1-4-8-19)17-18-11-13-21(14-12-18)30-16-15-29-20-9-5-2-6-10-20/h1-14,17H,15-16H2,(H,25,27)/b22-17-. The Bertz CT molecular complexity index is 1050. The number of rotatable bonds is 7. The minimum atomic E-state index is -0.428. The summed E-state index contributed by atoms with van der Waals surface area (Å²) in [5.41, 5.74) is 4.02. The number of hydrazine groups is 1. The highest BCUT2D eigenvalue weighted by Crippen LogP contribution is 2.22. The molecule has 1 saturated heterocycles. The Kier molecular flexibility index (Phi) is 5.75. The molecule has 1 N–H and O–H groups in total. The van der Waals surface area contributed by atoms with Crippen LogP contribution < -0.4 is 19.9 Å². The van der Waals surface area contributed by atoms with Gasteiger partial charge in [0.2, 0.25) is 0 Å². The number of nitrogens with zero attached hydrogens (tertiary/aromatic N) is 1. The van der Waals surface area contributed by atoms with Crippen LogP contribution in [0.5, 0.6) is 11.5 Å². The van der Waals surface area contributed by atoms with Crippen molar-refractivity contribution in [2.45, 2.75) is 0 Å². The van der Waals surface area contributed by atoms with Crippen LogP contribution in [-0.4, -0.2) is 25.0 Å². The number of benzene rings is 3. The topological polar surface area (TPSA) is 67.9 Å². The number of ether oxygens (including phenoxy) is 2. The summed E-state index contributed by atoms with van der Waals surface area (Å²) in [5.74, 6) is 0.667. The maximum Gasteiger partial charge on any atom is 0.282 e. The molecule has 4 rings (SSSR count). The summed E-state index contributed by atoms with van der Waals surface area (Å²) < 4.78 is 11.3. The fraction of sp³-hybridized carbons (Fsp3) is 0.0833. The van der Waals surface area contributed by atoms with Crippen LogP contribution >= 0.6 is 0 Å². The van der Waals surface area contributed by atoms with Crippen LogP contribution in [0.3, 0.4) is 0 Å². The van der Waals surface area contributed by atoms with Crippen LogP contribution in [-0.2, 0) is 9.59 Å². The number of anilines is 1. The molecule has 150 valence electrons. The third-order valence-electron chi connectivity index (χ3n) is 4.46. The third kappa shape index (κ3) is 4.50. The van der Waals surface area contributed by atoms with Gasteiger partial charge < -0.3 is 9.47 Å². The van der Waals surface area contributed by atoms with Crippen molar-refractivity contribution < 1.29 is 19.1 Å². The summed E-state index contributed by atoms with van der Waals surface area (Å²) in [6.45, 7) is 0.835. The Labute approximate surface area is 174 Å². The molecule has 0 aromatic heterocycles. The van der Waals surface area contributed by atoms with Crippen molar-refractivity contribution in [1.29, 1.82) is 0 Å². The van der Waals surface area contributed by atoms with Crippen molar-refractivity contribution in [2.75, 3.05) is 18.2 Å². The van der Waals surface area contributed by atoms with Crippen LogP contribution in [0.2, 0.25) is 0 Å². The van der Waals surface area contributed by atoms with Crippen LogP contribution in [0, 0.1) is 0 Å². The molecule has 1 aliphatic rings. The molecule has 0 aliphatic carbocycles. The zero-order valence-corrected chi connectivity index (χ0v) is 16.2. The van der Waals surface area contributed by atoms with Gasteiger partial charge in [0.1, 0.15) is 30.3 Å². The lowest BCUT2D eigenvalue weighted by Gasteiger charge is -2.13. The summed E-state index contributed by atoms with van der Waals surface area (Å²) in [6.07, 6.45) is 1.57. The first-order valence-corrected chi connectivity index (χ1v) is 9.53. The highest BCUT2D eigenvalue weighted by Gasteiger charge is 2.34. The van der Waals surface area contributed by atoms with Crippen LogP contribution in [0.4, 0.5) is 5.69 Å². The highest BCUT2D eigenvalue weighted by molar-refractivity contribution is 6.31. The van der Waals surface area contributed by atoms with Crippen molar-refractivity contribution in [3.63, 3.8) is 0 Å². The fourth-order valence-electron chi connectivity index (χ4n) is 2.98. The van der Waals surface area contributed by atoms with Crippen LogP contribution in [0.15, 0.2) is 90.5 Å². The molecule has 1 heterocycles. The molecule has 0 unspecified atom stereocenters. The van der Waals surface area contributed by atoms with E-state index >= 15 is 0 Å². The quantitative estimate of drug-likeness (QED) is 0.374. The number of carbonyl (C=O) groups is 2. The minimum Gasteiger partial charge on any atom is -0.490 e. The van der Waals surface area contributed by atoms with Gasteiger partial charge in [-0.25, -0.2) is 5.01 Å². The van der Waals surface area contributed by atoms with Gasteiger partial charge in [-0.05, 0) is 48.0 Å². The van der Waals surface area contributed by atoms with Gasteiger partial charge >= 0.3 is 0 Å². The molecule has 3 aromatic carbocycles. The van der Waals surface area contributed by atoms with Gasteiger partial charge in [0.25, 0.3) is 11.8 Å². The first-order chi connectivity index (χ1) is 14.7. The maximum absolute atomic E-state index is 12.6. The molecule has 6 nitrogen and oxygen atoms in total. The normalized spacial score (nSPS) is 14.7. The van der Waals surface area contributed by atoms with E-state index in [1.807, 2.05) is 36.4 Å². The summed E-state index contributed by atoms with van der Waals surface area (Å²) >= 11 is 0. The Morgan fingerprint density at radius 3 is 1.93 bits per heavy atom. The second kappa shape index (κ2) is 8.96. The van der Waals surface area contributed by atoms with E-state index in [9.17, 15) is 9.59 Å². The fourth-order valence-corrected chi connectivity index (χ4v) is 2.98. The van der Waals surface area contributed by atoms with E-state index in [4.69, 9.17) is 9.47 Å². The summed E-state index contributed by atoms with van der Waals surface area (Å²) in [6, 6.07) is 25.7. The van der Waals surface area contributed by atoms with Crippen molar-refractivity contribution >= 4 is 23.6 Å². The molecule has 0 spiro atoms. The van der Waals surface area contributed by atoms with E-state index in [2.05, 4.69) is 5.43 Å². The number of nitrogens with one attached hydrogen (secondary N) is 1. The lowest BCUT2D eigenvalue weighted by molar-refractivity contribution is -0.117. The van der Waals surface area contributed by atoms with Crippen LogP contribution in [0.25, 0.3) is 6.08 Å². The summed E-state index contributed by atoms with van der Waals surface area (Å²) in [7, 11) is 0. The number of carbonyl (C=O) groups excluding carboxylic acids is 2. The summed E-state index contributed by atoms with van der Waals surface area (Å²) in [4.78, 5) is 24.9. The van der Waals surface area contributed by atoms with Gasteiger partial charge in [-0.3, -0.25) is 15.0 Å². The Balaban J connectivity index is 1.35. The van der Waals surface area contributed by atoms with Crippen LogP contribution in [0.1, 0.15) is 5.56 Å². The lowest BCUT2D eigenvalue weighted by Crippen LogP contribution is -2.35. The molecule has 0 atom stereocenters. The molecular formula is C24H20N2O4. The highest BCUT2D eigenvalue weighted by atomic mass is 16.5.